The van der Waals surface area contributed by atoms with Gasteiger partial charge < -0.3 is 10.1 Å². The highest BCUT2D eigenvalue weighted by Crippen LogP contribution is 2.26. The Morgan fingerprint density at radius 3 is 2.71 bits per heavy atom. The summed E-state index contributed by atoms with van der Waals surface area (Å²) in [5, 5.41) is 3.00. The van der Waals surface area contributed by atoms with Gasteiger partial charge in [-0.25, -0.2) is 0 Å². The van der Waals surface area contributed by atoms with E-state index < -0.39 is 0 Å². The van der Waals surface area contributed by atoms with Gasteiger partial charge in [0.2, 0.25) is 5.91 Å². The fraction of sp³-hybridized carbons (Fsp3) is 0.182. The number of carbonyl (C=O) groups is 1. The topological polar surface area (TPSA) is 38.3 Å². The number of rotatable bonds is 4. The molecule has 3 nitrogen and oxygen atoms in total. The zero-order valence-electron chi connectivity index (χ0n) is 8.97. The van der Waals surface area contributed by atoms with Gasteiger partial charge in [0.15, 0.2) is 0 Å². The minimum atomic E-state index is -0.183. The molecule has 0 aliphatic heterocycles. The summed E-state index contributed by atoms with van der Waals surface area (Å²) in [4.78, 5) is 10.9. The van der Waals surface area contributed by atoms with Gasteiger partial charge in [-0.2, -0.15) is 0 Å². The molecule has 0 unspecified atom stereocenters. The fourth-order valence-corrected chi connectivity index (χ4v) is 1.42. The number of amides is 1. The van der Waals surface area contributed by atoms with Gasteiger partial charge in [0.25, 0.3) is 0 Å². The Balaban J connectivity index is 2.68. The van der Waals surface area contributed by atoms with E-state index in [2.05, 4.69) is 5.32 Å². The minimum Gasteiger partial charge on any atom is -0.489 e. The number of halogens is 3. The highest BCUT2D eigenvalue weighted by Gasteiger charge is 2.03. The molecule has 0 saturated carbocycles. The zero-order valence-corrected chi connectivity index (χ0v) is 11.2. The standard InChI is InChI=1S/C11H10Cl3NO2/c1-7(16)15-10-3-2-8(6-9(10)12)17-5-4-11(13)14/h2-4,6H,5H2,1H3,(H,15,16). The van der Waals surface area contributed by atoms with Crippen LogP contribution in [0.15, 0.2) is 28.8 Å². The molecule has 1 aromatic rings. The first-order valence-corrected chi connectivity index (χ1v) is 5.83. The molecule has 0 bridgehead atoms. The Morgan fingerprint density at radius 2 is 2.18 bits per heavy atom. The molecule has 1 aromatic carbocycles. The first-order chi connectivity index (χ1) is 7.99. The molecule has 0 spiro atoms. The number of benzene rings is 1. The van der Waals surface area contributed by atoms with Crippen LogP contribution in [0.3, 0.4) is 0 Å². The average Bonchev–Trinajstić information content (AvgIpc) is 2.21. The zero-order chi connectivity index (χ0) is 12.8. The van der Waals surface area contributed by atoms with Gasteiger partial charge in [-0.05, 0) is 18.2 Å². The summed E-state index contributed by atoms with van der Waals surface area (Å²) in [5.74, 6) is 0.382. The monoisotopic (exact) mass is 293 g/mol. The third-order valence-electron chi connectivity index (χ3n) is 1.74. The van der Waals surface area contributed by atoms with Gasteiger partial charge >= 0.3 is 0 Å². The lowest BCUT2D eigenvalue weighted by atomic mass is 10.3. The van der Waals surface area contributed by atoms with Crippen LogP contribution in [0.5, 0.6) is 5.75 Å². The Kier molecular flexibility index (Phi) is 5.62. The molecule has 0 heterocycles. The summed E-state index contributed by atoms with van der Waals surface area (Å²) in [6, 6.07) is 4.95. The van der Waals surface area contributed by atoms with Crippen LogP contribution in [0.25, 0.3) is 0 Å². The number of nitrogens with one attached hydrogen (secondary N) is 1. The van der Waals surface area contributed by atoms with E-state index in [1.807, 2.05) is 0 Å². The van der Waals surface area contributed by atoms with Gasteiger partial charge in [0, 0.05) is 13.0 Å². The fourth-order valence-electron chi connectivity index (χ4n) is 1.08. The molecule has 92 valence electrons. The van der Waals surface area contributed by atoms with E-state index >= 15 is 0 Å². The Hall–Kier alpha value is -0.900. The average molecular weight is 295 g/mol. The van der Waals surface area contributed by atoms with Crippen molar-refractivity contribution in [2.75, 3.05) is 11.9 Å². The molecule has 0 atom stereocenters. The summed E-state index contributed by atoms with van der Waals surface area (Å²) in [5.41, 5.74) is 0.539. The van der Waals surface area contributed by atoms with E-state index in [1.54, 1.807) is 18.2 Å². The van der Waals surface area contributed by atoms with Crippen molar-refractivity contribution in [2.45, 2.75) is 6.92 Å². The van der Waals surface area contributed by atoms with Gasteiger partial charge in [-0.15, -0.1) is 0 Å². The van der Waals surface area contributed by atoms with E-state index in [0.29, 0.717) is 16.5 Å². The Bertz CT molecular complexity index is 442. The second kappa shape index (κ2) is 6.74. The highest BCUT2D eigenvalue weighted by molar-refractivity contribution is 6.55. The van der Waals surface area contributed by atoms with Gasteiger partial charge in [0.1, 0.15) is 16.8 Å². The maximum Gasteiger partial charge on any atom is 0.221 e. The smallest absolute Gasteiger partial charge is 0.221 e. The first-order valence-electron chi connectivity index (χ1n) is 4.70. The lowest BCUT2D eigenvalue weighted by molar-refractivity contribution is -0.114. The summed E-state index contributed by atoms with van der Waals surface area (Å²) in [7, 11) is 0. The number of hydrogen-bond acceptors (Lipinski definition) is 2. The van der Waals surface area contributed by atoms with Crippen molar-refractivity contribution in [3.63, 3.8) is 0 Å². The van der Waals surface area contributed by atoms with Crippen LogP contribution in [-0.2, 0) is 4.79 Å². The van der Waals surface area contributed by atoms with Crippen LogP contribution in [0, 0.1) is 0 Å². The van der Waals surface area contributed by atoms with Crippen LogP contribution in [0.4, 0.5) is 5.69 Å². The number of carbonyl (C=O) groups excluding carboxylic acids is 1. The maximum atomic E-state index is 10.9. The van der Waals surface area contributed by atoms with Crippen LogP contribution in [-0.4, -0.2) is 12.5 Å². The molecule has 1 amide bonds. The van der Waals surface area contributed by atoms with E-state index in [0.717, 1.165) is 0 Å². The van der Waals surface area contributed by atoms with Crippen molar-refractivity contribution in [1.29, 1.82) is 0 Å². The van der Waals surface area contributed by atoms with E-state index in [-0.39, 0.29) is 17.0 Å². The molecular formula is C11H10Cl3NO2. The lowest BCUT2D eigenvalue weighted by Crippen LogP contribution is -2.06. The number of anilines is 1. The van der Waals surface area contributed by atoms with Crippen molar-refractivity contribution >= 4 is 46.4 Å². The predicted molar refractivity (Wildman–Crippen MR) is 71.0 cm³/mol. The number of hydrogen-bond donors (Lipinski definition) is 1. The van der Waals surface area contributed by atoms with Crippen LogP contribution >= 0.6 is 34.8 Å². The van der Waals surface area contributed by atoms with Gasteiger partial charge in [0.05, 0.1) is 10.7 Å². The third kappa shape index (κ3) is 5.31. The van der Waals surface area contributed by atoms with Gasteiger partial charge in [-0.3, -0.25) is 4.79 Å². The van der Waals surface area contributed by atoms with E-state index in [9.17, 15) is 4.79 Å². The molecule has 0 saturated heterocycles. The summed E-state index contributed by atoms with van der Waals surface area (Å²) in [6.45, 7) is 1.66. The second-order valence-electron chi connectivity index (χ2n) is 3.13. The van der Waals surface area contributed by atoms with Crippen LogP contribution in [0.1, 0.15) is 6.92 Å². The maximum absolute atomic E-state index is 10.9. The largest absolute Gasteiger partial charge is 0.489 e. The summed E-state index contributed by atoms with van der Waals surface area (Å²) < 4.78 is 5.46. The second-order valence-corrected chi connectivity index (χ2v) is 4.54. The van der Waals surface area contributed by atoms with Gasteiger partial charge in [-0.1, -0.05) is 34.8 Å². The lowest BCUT2D eigenvalue weighted by Gasteiger charge is -2.08. The molecule has 17 heavy (non-hydrogen) atoms. The molecule has 0 aliphatic carbocycles. The third-order valence-corrected chi connectivity index (χ3v) is 2.36. The molecular weight excluding hydrogens is 284 g/mol. The van der Waals surface area contributed by atoms with Crippen molar-refractivity contribution in [3.05, 3.63) is 33.8 Å². The molecule has 6 heteroatoms. The number of ether oxygens (including phenoxy) is 1. The highest BCUT2D eigenvalue weighted by atomic mass is 35.5. The minimum absolute atomic E-state index is 0.144. The molecule has 1 N–H and O–H groups in total. The summed E-state index contributed by atoms with van der Waals surface area (Å²) in [6.07, 6.45) is 1.51. The Labute approximate surface area is 114 Å². The van der Waals surface area contributed by atoms with Crippen molar-refractivity contribution < 1.29 is 9.53 Å². The predicted octanol–water partition coefficient (Wildman–Crippen LogP) is 4.00. The SMILES string of the molecule is CC(=O)Nc1ccc(OCC=C(Cl)Cl)cc1Cl. The normalized spacial score (nSPS) is 9.65. The van der Waals surface area contributed by atoms with Crippen LogP contribution in [0.2, 0.25) is 5.02 Å². The molecule has 0 aliphatic rings. The van der Waals surface area contributed by atoms with Crippen molar-refractivity contribution in [1.82, 2.24) is 0 Å². The first kappa shape index (κ1) is 14.2. The quantitative estimate of drug-likeness (QED) is 0.911. The van der Waals surface area contributed by atoms with E-state index in [4.69, 9.17) is 39.5 Å². The molecule has 1 rings (SSSR count). The van der Waals surface area contributed by atoms with E-state index in [1.165, 1.54) is 13.0 Å². The Morgan fingerprint density at radius 1 is 1.47 bits per heavy atom. The molecule has 0 fully saturated rings. The van der Waals surface area contributed by atoms with Crippen molar-refractivity contribution in [3.8, 4) is 5.75 Å². The summed E-state index contributed by atoms with van der Waals surface area (Å²) >= 11 is 16.8. The molecule has 0 radical (unpaired) electrons. The molecule has 0 aromatic heterocycles. The van der Waals surface area contributed by atoms with Crippen molar-refractivity contribution in [2.24, 2.45) is 0 Å². The van der Waals surface area contributed by atoms with Crippen LogP contribution < -0.4 is 10.1 Å².